The van der Waals surface area contributed by atoms with Gasteiger partial charge < -0.3 is 11.1 Å². The van der Waals surface area contributed by atoms with Crippen LogP contribution in [0.4, 0.5) is 5.69 Å². The van der Waals surface area contributed by atoms with Crippen molar-refractivity contribution in [2.24, 2.45) is 5.73 Å². The smallest absolute Gasteiger partial charge is 0.168 e. The van der Waals surface area contributed by atoms with E-state index in [4.69, 9.17) is 18.0 Å². The normalized spacial score (nSPS) is 9.75. The summed E-state index contributed by atoms with van der Waals surface area (Å²) >= 11 is 4.77. The first-order valence-corrected chi connectivity index (χ1v) is 5.10. The van der Waals surface area contributed by atoms with E-state index >= 15 is 0 Å². The average molecular weight is 230 g/mol. The van der Waals surface area contributed by atoms with Crippen LogP contribution in [0.5, 0.6) is 0 Å². The first-order chi connectivity index (χ1) is 7.75. The molecule has 0 amide bonds. The third kappa shape index (κ3) is 2.52. The van der Waals surface area contributed by atoms with Gasteiger partial charge in [0.2, 0.25) is 0 Å². The maximum absolute atomic E-state index is 5.40. The second-order valence-corrected chi connectivity index (χ2v) is 3.58. The number of hydrogen-bond donors (Lipinski definition) is 2. The summed E-state index contributed by atoms with van der Waals surface area (Å²) in [6, 6.07) is 9.38. The summed E-state index contributed by atoms with van der Waals surface area (Å²) in [4.78, 5) is 8.33. The Labute approximate surface area is 98.5 Å². The molecule has 0 unspecified atom stereocenters. The zero-order chi connectivity index (χ0) is 11.4. The van der Waals surface area contributed by atoms with Crippen LogP contribution in [-0.2, 0) is 0 Å². The van der Waals surface area contributed by atoms with E-state index in [1.54, 1.807) is 18.5 Å². The summed E-state index contributed by atoms with van der Waals surface area (Å²) < 4.78 is 0. The van der Waals surface area contributed by atoms with E-state index in [1.807, 2.05) is 24.3 Å². The fraction of sp³-hybridized carbons (Fsp3) is 0. The van der Waals surface area contributed by atoms with Crippen molar-refractivity contribution in [1.29, 1.82) is 0 Å². The number of nitrogens with one attached hydrogen (secondary N) is 1. The number of thiocarbonyl (C=S) groups is 1. The molecule has 0 spiro atoms. The molecular formula is C11H10N4S. The molecule has 0 radical (unpaired) electrons. The van der Waals surface area contributed by atoms with Gasteiger partial charge in [-0.25, -0.2) is 9.97 Å². The van der Waals surface area contributed by atoms with Crippen LogP contribution in [0.3, 0.4) is 0 Å². The topological polar surface area (TPSA) is 63.8 Å². The lowest BCUT2D eigenvalue weighted by Gasteiger charge is -2.05. The molecule has 0 aliphatic heterocycles. The molecule has 0 saturated heterocycles. The summed E-state index contributed by atoms with van der Waals surface area (Å²) in [5.41, 5.74) is 7.15. The molecule has 0 bridgehead atoms. The first kappa shape index (κ1) is 10.5. The molecule has 16 heavy (non-hydrogen) atoms. The molecule has 3 N–H and O–H groups in total. The number of nitrogens with two attached hydrogens (primary N) is 1. The molecular weight excluding hydrogens is 220 g/mol. The number of aromatic nitrogens is 2. The molecule has 0 saturated carbocycles. The van der Waals surface area contributed by atoms with Gasteiger partial charge in [-0.3, -0.25) is 0 Å². The van der Waals surface area contributed by atoms with Crippen LogP contribution in [0.15, 0.2) is 42.7 Å². The fourth-order valence-electron chi connectivity index (χ4n) is 1.33. The zero-order valence-electron chi connectivity index (χ0n) is 8.42. The van der Waals surface area contributed by atoms with Crippen molar-refractivity contribution in [2.75, 3.05) is 5.32 Å². The van der Waals surface area contributed by atoms with Gasteiger partial charge in [-0.05, 0) is 30.4 Å². The molecule has 0 fully saturated rings. The number of anilines is 1. The lowest BCUT2D eigenvalue weighted by Crippen LogP contribution is -2.18. The summed E-state index contributed by atoms with van der Waals surface area (Å²) in [5, 5.41) is 3.11. The molecule has 2 aromatic rings. The largest absolute Gasteiger partial charge is 0.376 e. The van der Waals surface area contributed by atoms with Crippen molar-refractivity contribution in [2.45, 2.75) is 0 Å². The van der Waals surface area contributed by atoms with Gasteiger partial charge in [-0.15, -0.1) is 0 Å². The Hall–Kier alpha value is -2.01. The molecule has 1 aromatic heterocycles. The predicted molar refractivity (Wildman–Crippen MR) is 67.9 cm³/mol. The van der Waals surface area contributed by atoms with Gasteiger partial charge in [0, 0.05) is 23.6 Å². The Balaban J connectivity index is 2.33. The predicted octanol–water partition coefficient (Wildman–Crippen LogP) is 1.80. The summed E-state index contributed by atoms with van der Waals surface area (Å²) in [5.74, 6) is 0.675. The summed E-state index contributed by atoms with van der Waals surface area (Å²) in [6.45, 7) is 0. The third-order valence-electron chi connectivity index (χ3n) is 1.95. The Morgan fingerprint density at radius 3 is 2.62 bits per heavy atom. The number of hydrogen-bond acceptors (Lipinski definition) is 3. The van der Waals surface area contributed by atoms with Gasteiger partial charge in [0.1, 0.15) is 0 Å². The first-order valence-electron chi connectivity index (χ1n) is 4.69. The zero-order valence-corrected chi connectivity index (χ0v) is 9.24. The minimum absolute atomic E-state index is 0.242. The third-order valence-corrected chi connectivity index (χ3v) is 2.06. The molecule has 80 valence electrons. The Morgan fingerprint density at radius 2 is 1.94 bits per heavy atom. The standard InChI is InChI=1S/C11H10N4S/c12-11(16)15-9-4-1-3-8(7-9)10-13-5-2-6-14-10/h1-7H,(H3,12,15,16). The van der Waals surface area contributed by atoms with Gasteiger partial charge in [0.05, 0.1) is 0 Å². The molecule has 5 heteroatoms. The van der Waals surface area contributed by atoms with E-state index in [0.29, 0.717) is 5.82 Å². The van der Waals surface area contributed by atoms with E-state index in [2.05, 4.69) is 15.3 Å². The average Bonchev–Trinajstić information content (AvgIpc) is 2.30. The minimum Gasteiger partial charge on any atom is -0.376 e. The monoisotopic (exact) mass is 230 g/mol. The fourth-order valence-corrected chi connectivity index (χ4v) is 1.44. The minimum atomic E-state index is 0.242. The summed E-state index contributed by atoms with van der Waals surface area (Å²) in [7, 11) is 0. The molecule has 0 aliphatic rings. The highest BCUT2D eigenvalue weighted by molar-refractivity contribution is 7.80. The lowest BCUT2D eigenvalue weighted by molar-refractivity contribution is 1.18. The maximum Gasteiger partial charge on any atom is 0.168 e. The van der Waals surface area contributed by atoms with Crippen molar-refractivity contribution in [1.82, 2.24) is 9.97 Å². The quantitative estimate of drug-likeness (QED) is 0.770. The van der Waals surface area contributed by atoms with E-state index in [9.17, 15) is 0 Å². The molecule has 4 nitrogen and oxygen atoms in total. The van der Waals surface area contributed by atoms with Gasteiger partial charge in [-0.1, -0.05) is 12.1 Å². The van der Waals surface area contributed by atoms with Crippen molar-refractivity contribution in [3.8, 4) is 11.4 Å². The van der Waals surface area contributed by atoms with Crippen LogP contribution < -0.4 is 11.1 Å². The SMILES string of the molecule is NC(=S)Nc1cccc(-c2ncccn2)c1. The van der Waals surface area contributed by atoms with Crippen LogP contribution in [0.1, 0.15) is 0 Å². The van der Waals surface area contributed by atoms with Gasteiger partial charge in [0.25, 0.3) is 0 Å². The second kappa shape index (κ2) is 4.67. The number of nitrogens with zero attached hydrogens (tertiary/aromatic N) is 2. The van der Waals surface area contributed by atoms with E-state index in [-0.39, 0.29) is 5.11 Å². The van der Waals surface area contributed by atoms with Crippen LogP contribution in [0.25, 0.3) is 11.4 Å². The number of benzene rings is 1. The van der Waals surface area contributed by atoms with E-state index in [1.165, 1.54) is 0 Å². The van der Waals surface area contributed by atoms with Crippen LogP contribution in [0.2, 0.25) is 0 Å². The Bertz CT molecular complexity index is 498. The van der Waals surface area contributed by atoms with Crippen LogP contribution in [0, 0.1) is 0 Å². The molecule has 1 aromatic carbocycles. The van der Waals surface area contributed by atoms with Crippen LogP contribution >= 0.6 is 12.2 Å². The number of rotatable bonds is 2. The molecule has 0 atom stereocenters. The Kier molecular flexibility index (Phi) is 3.07. The highest BCUT2D eigenvalue weighted by atomic mass is 32.1. The molecule has 1 heterocycles. The van der Waals surface area contributed by atoms with Crippen molar-refractivity contribution in [3.63, 3.8) is 0 Å². The van der Waals surface area contributed by atoms with E-state index in [0.717, 1.165) is 11.3 Å². The molecule has 2 rings (SSSR count). The van der Waals surface area contributed by atoms with Gasteiger partial charge >= 0.3 is 0 Å². The van der Waals surface area contributed by atoms with E-state index < -0.39 is 0 Å². The summed E-state index contributed by atoms with van der Waals surface area (Å²) in [6.07, 6.45) is 3.41. The van der Waals surface area contributed by atoms with Crippen LogP contribution in [-0.4, -0.2) is 15.1 Å². The van der Waals surface area contributed by atoms with Crippen molar-refractivity contribution < 1.29 is 0 Å². The van der Waals surface area contributed by atoms with Gasteiger partial charge in [0.15, 0.2) is 10.9 Å². The van der Waals surface area contributed by atoms with Crippen molar-refractivity contribution in [3.05, 3.63) is 42.7 Å². The lowest BCUT2D eigenvalue weighted by atomic mass is 10.2. The highest BCUT2D eigenvalue weighted by Crippen LogP contribution is 2.18. The van der Waals surface area contributed by atoms with Crippen molar-refractivity contribution >= 4 is 23.0 Å². The highest BCUT2D eigenvalue weighted by Gasteiger charge is 2.01. The Morgan fingerprint density at radius 1 is 1.19 bits per heavy atom. The van der Waals surface area contributed by atoms with Gasteiger partial charge in [-0.2, -0.15) is 0 Å². The molecule has 0 aliphatic carbocycles. The maximum atomic E-state index is 5.40. The second-order valence-electron chi connectivity index (χ2n) is 3.14.